The molecule has 2 fully saturated rings. The van der Waals surface area contributed by atoms with Gasteiger partial charge in [-0.2, -0.15) is 0 Å². The molecule has 9 heteroatoms. The molecule has 3 amide bonds. The first kappa shape index (κ1) is 22.2. The number of carbonyl (C=O) groups excluding carboxylic acids is 3. The molecule has 8 nitrogen and oxygen atoms in total. The molecule has 0 unspecified atom stereocenters. The predicted octanol–water partition coefficient (Wildman–Crippen LogP) is 3.81. The summed E-state index contributed by atoms with van der Waals surface area (Å²) in [5, 5.41) is 6.05. The van der Waals surface area contributed by atoms with Crippen LogP contribution in [0.25, 0.3) is 0 Å². The average Bonchev–Trinajstić information content (AvgIpc) is 3.22. The van der Waals surface area contributed by atoms with E-state index in [1.807, 2.05) is 4.90 Å². The van der Waals surface area contributed by atoms with Crippen molar-refractivity contribution in [1.29, 1.82) is 0 Å². The van der Waals surface area contributed by atoms with E-state index in [2.05, 4.69) is 20.6 Å². The third kappa shape index (κ3) is 5.07. The van der Waals surface area contributed by atoms with E-state index in [1.54, 1.807) is 31.2 Å². The van der Waals surface area contributed by atoms with E-state index in [-0.39, 0.29) is 29.5 Å². The predicted molar refractivity (Wildman–Crippen MR) is 121 cm³/mol. The molecule has 1 saturated carbocycles. The number of nitrogens with one attached hydrogen (secondary N) is 2. The Balaban J connectivity index is 1.40. The van der Waals surface area contributed by atoms with Crippen LogP contribution in [0.15, 0.2) is 30.5 Å². The van der Waals surface area contributed by atoms with Crippen molar-refractivity contribution in [3.05, 3.63) is 46.9 Å². The van der Waals surface area contributed by atoms with Gasteiger partial charge in [0.05, 0.1) is 10.7 Å². The van der Waals surface area contributed by atoms with Crippen LogP contribution in [0.3, 0.4) is 0 Å². The van der Waals surface area contributed by atoms with Gasteiger partial charge < -0.3 is 15.5 Å². The first-order chi connectivity index (χ1) is 15.4. The van der Waals surface area contributed by atoms with Gasteiger partial charge in [0.15, 0.2) is 5.69 Å². The average molecular weight is 456 g/mol. The SMILES string of the molecule is Cc1ccc(NC(=O)C2CCC(N3CCCC3=O)CC2)c(C(=O)Nc2ccc(Cl)cn2)n1. The maximum absolute atomic E-state index is 12.9. The lowest BCUT2D eigenvalue weighted by Gasteiger charge is -2.34. The fourth-order valence-corrected chi connectivity index (χ4v) is 4.51. The van der Waals surface area contributed by atoms with E-state index in [0.717, 1.165) is 38.6 Å². The van der Waals surface area contributed by atoms with Crippen LogP contribution in [0.1, 0.15) is 54.7 Å². The van der Waals surface area contributed by atoms with Crippen LogP contribution < -0.4 is 10.6 Å². The van der Waals surface area contributed by atoms with Crippen molar-refractivity contribution in [3.8, 4) is 0 Å². The molecule has 32 heavy (non-hydrogen) atoms. The zero-order chi connectivity index (χ0) is 22.7. The van der Waals surface area contributed by atoms with E-state index in [1.165, 1.54) is 6.20 Å². The van der Waals surface area contributed by atoms with Crippen LogP contribution in [0.2, 0.25) is 5.02 Å². The normalized spacial score (nSPS) is 20.8. The van der Waals surface area contributed by atoms with Crippen LogP contribution in [0, 0.1) is 12.8 Å². The summed E-state index contributed by atoms with van der Waals surface area (Å²) in [6.45, 7) is 2.61. The molecule has 1 aliphatic heterocycles. The van der Waals surface area contributed by atoms with Gasteiger partial charge in [0.1, 0.15) is 5.82 Å². The summed E-state index contributed by atoms with van der Waals surface area (Å²) in [5.41, 5.74) is 1.16. The van der Waals surface area contributed by atoms with Crippen LogP contribution >= 0.6 is 11.6 Å². The second-order valence-corrected chi connectivity index (χ2v) is 8.79. The summed E-state index contributed by atoms with van der Waals surface area (Å²) in [4.78, 5) is 48.1. The summed E-state index contributed by atoms with van der Waals surface area (Å²) >= 11 is 5.84. The van der Waals surface area contributed by atoms with E-state index in [9.17, 15) is 14.4 Å². The summed E-state index contributed by atoms with van der Waals surface area (Å²) in [5.74, 6) is -0.168. The molecule has 1 saturated heterocycles. The van der Waals surface area contributed by atoms with Gasteiger partial charge in [-0.3, -0.25) is 14.4 Å². The standard InChI is InChI=1S/C23H26ClN5O3/c1-14-4-10-18(21(26-14)23(32)28-19-11-7-16(24)13-25-19)27-22(31)15-5-8-17(9-6-15)29-12-2-3-20(29)30/h4,7,10-11,13,15,17H,2-3,5-6,8-9,12H2,1H3,(H,27,31)(H,25,28,32). The highest BCUT2D eigenvalue weighted by Gasteiger charge is 2.33. The smallest absolute Gasteiger partial charge is 0.277 e. The van der Waals surface area contributed by atoms with Gasteiger partial charge in [-0.05, 0) is 63.3 Å². The van der Waals surface area contributed by atoms with Crippen LogP contribution in [0.4, 0.5) is 11.5 Å². The van der Waals surface area contributed by atoms with Gasteiger partial charge in [0.25, 0.3) is 5.91 Å². The molecule has 168 valence electrons. The Labute approximate surface area is 191 Å². The number of hydrogen-bond acceptors (Lipinski definition) is 5. The molecule has 4 rings (SSSR count). The number of anilines is 2. The largest absolute Gasteiger partial charge is 0.340 e. The molecule has 2 aliphatic rings. The third-order valence-electron chi connectivity index (χ3n) is 6.09. The molecule has 1 aliphatic carbocycles. The lowest BCUT2D eigenvalue weighted by Crippen LogP contribution is -2.40. The molecule has 0 atom stereocenters. The Morgan fingerprint density at radius 3 is 2.53 bits per heavy atom. The van der Waals surface area contributed by atoms with Gasteiger partial charge in [0.2, 0.25) is 11.8 Å². The van der Waals surface area contributed by atoms with E-state index in [4.69, 9.17) is 11.6 Å². The number of rotatable bonds is 5. The van der Waals surface area contributed by atoms with Gasteiger partial charge in [-0.25, -0.2) is 9.97 Å². The maximum atomic E-state index is 12.9. The Hall–Kier alpha value is -3.00. The molecule has 0 bridgehead atoms. The van der Waals surface area contributed by atoms with Crippen molar-refractivity contribution in [1.82, 2.24) is 14.9 Å². The molecular weight excluding hydrogens is 430 g/mol. The monoisotopic (exact) mass is 455 g/mol. The summed E-state index contributed by atoms with van der Waals surface area (Å²) < 4.78 is 0. The number of hydrogen-bond donors (Lipinski definition) is 2. The minimum Gasteiger partial charge on any atom is -0.340 e. The highest BCUT2D eigenvalue weighted by atomic mass is 35.5. The second-order valence-electron chi connectivity index (χ2n) is 8.35. The molecule has 2 N–H and O–H groups in total. The number of likely N-dealkylation sites (tertiary alicyclic amines) is 1. The van der Waals surface area contributed by atoms with Crippen molar-refractivity contribution in [2.75, 3.05) is 17.2 Å². The number of carbonyl (C=O) groups is 3. The zero-order valence-electron chi connectivity index (χ0n) is 17.9. The molecule has 3 heterocycles. The number of amides is 3. The third-order valence-corrected chi connectivity index (χ3v) is 6.32. The lowest BCUT2D eigenvalue weighted by molar-refractivity contribution is -0.130. The Bertz CT molecular complexity index is 1020. The van der Waals surface area contributed by atoms with E-state index < -0.39 is 5.91 Å². The van der Waals surface area contributed by atoms with Crippen molar-refractivity contribution >= 4 is 40.8 Å². The topological polar surface area (TPSA) is 104 Å². The Morgan fingerprint density at radius 1 is 1.09 bits per heavy atom. The number of pyridine rings is 2. The van der Waals surface area contributed by atoms with E-state index >= 15 is 0 Å². The maximum Gasteiger partial charge on any atom is 0.277 e. The highest BCUT2D eigenvalue weighted by Crippen LogP contribution is 2.31. The minimum atomic E-state index is -0.463. The number of halogens is 1. The van der Waals surface area contributed by atoms with Crippen LogP contribution in [0.5, 0.6) is 0 Å². The first-order valence-electron chi connectivity index (χ1n) is 10.9. The second kappa shape index (κ2) is 9.65. The zero-order valence-corrected chi connectivity index (χ0v) is 18.7. The van der Waals surface area contributed by atoms with Crippen molar-refractivity contribution in [3.63, 3.8) is 0 Å². The Kier molecular flexibility index (Phi) is 6.69. The molecule has 0 radical (unpaired) electrons. The van der Waals surface area contributed by atoms with E-state index in [0.29, 0.717) is 28.6 Å². The summed E-state index contributed by atoms with van der Waals surface area (Å²) in [6.07, 6.45) is 6.09. The molecule has 0 spiro atoms. The quantitative estimate of drug-likeness (QED) is 0.713. The fourth-order valence-electron chi connectivity index (χ4n) is 4.40. The number of aromatic nitrogens is 2. The van der Waals surface area contributed by atoms with Gasteiger partial charge in [-0.1, -0.05) is 11.6 Å². The molecule has 2 aromatic rings. The van der Waals surface area contributed by atoms with Crippen LogP contribution in [-0.2, 0) is 9.59 Å². The minimum absolute atomic E-state index is 0.125. The van der Waals surface area contributed by atoms with Gasteiger partial charge >= 0.3 is 0 Å². The summed E-state index contributed by atoms with van der Waals surface area (Å²) in [7, 11) is 0. The van der Waals surface area contributed by atoms with Crippen LogP contribution in [-0.4, -0.2) is 45.2 Å². The summed E-state index contributed by atoms with van der Waals surface area (Å²) in [6, 6.07) is 6.91. The number of nitrogens with zero attached hydrogens (tertiary/aromatic N) is 3. The highest BCUT2D eigenvalue weighted by molar-refractivity contribution is 6.30. The van der Waals surface area contributed by atoms with Crippen molar-refractivity contribution in [2.45, 2.75) is 51.5 Å². The fraction of sp³-hybridized carbons (Fsp3) is 0.435. The molecule has 0 aromatic carbocycles. The lowest BCUT2D eigenvalue weighted by atomic mass is 9.84. The number of aryl methyl sites for hydroxylation is 1. The molecular formula is C23H26ClN5O3. The molecule has 2 aromatic heterocycles. The Morgan fingerprint density at radius 2 is 1.88 bits per heavy atom. The first-order valence-corrected chi connectivity index (χ1v) is 11.3. The van der Waals surface area contributed by atoms with Crippen molar-refractivity contribution in [2.24, 2.45) is 5.92 Å². The van der Waals surface area contributed by atoms with Gasteiger partial charge in [-0.15, -0.1) is 0 Å². The van der Waals surface area contributed by atoms with Crippen molar-refractivity contribution < 1.29 is 14.4 Å². The van der Waals surface area contributed by atoms with Gasteiger partial charge in [0, 0.05) is 36.8 Å².